The molecule has 2 aromatic rings. The summed E-state index contributed by atoms with van der Waals surface area (Å²) >= 11 is 1.22. The second-order valence-electron chi connectivity index (χ2n) is 3.94. The molecule has 0 fully saturated rings. The minimum Gasteiger partial charge on any atom is -0.489 e. The lowest BCUT2D eigenvalue weighted by molar-refractivity contribution is 0.282. The Morgan fingerprint density at radius 1 is 1.33 bits per heavy atom. The number of thiazole rings is 1. The number of rotatable bonds is 4. The van der Waals surface area contributed by atoms with E-state index in [1.807, 2.05) is 13.8 Å². The van der Waals surface area contributed by atoms with Crippen LogP contribution >= 0.6 is 11.3 Å². The van der Waals surface area contributed by atoms with Crippen molar-refractivity contribution < 1.29 is 9.13 Å². The second kappa shape index (κ2) is 5.35. The van der Waals surface area contributed by atoms with E-state index in [0.717, 1.165) is 10.6 Å². The van der Waals surface area contributed by atoms with Crippen LogP contribution in [0.15, 0.2) is 29.1 Å². The summed E-state index contributed by atoms with van der Waals surface area (Å²) in [6.07, 6.45) is 0. The van der Waals surface area contributed by atoms with Crippen LogP contribution in [-0.2, 0) is 6.54 Å². The van der Waals surface area contributed by atoms with Gasteiger partial charge < -0.3 is 4.74 Å². The van der Waals surface area contributed by atoms with E-state index in [4.69, 9.17) is 4.74 Å². The Labute approximate surface area is 108 Å². The largest absolute Gasteiger partial charge is 0.489 e. The number of halogens is 1. The van der Waals surface area contributed by atoms with Crippen molar-refractivity contribution in [2.75, 3.05) is 6.61 Å². The topological polar surface area (TPSA) is 31.2 Å². The first-order chi connectivity index (χ1) is 8.59. The normalized spacial score (nSPS) is 10.6. The summed E-state index contributed by atoms with van der Waals surface area (Å²) in [6.45, 7) is 4.52. The molecule has 3 nitrogen and oxygen atoms in total. The maximum atomic E-state index is 13.3. The van der Waals surface area contributed by atoms with Crippen LogP contribution in [0.1, 0.15) is 10.6 Å². The number of hydrogen-bond donors (Lipinski definition) is 0. The van der Waals surface area contributed by atoms with Crippen LogP contribution in [0.25, 0.3) is 0 Å². The summed E-state index contributed by atoms with van der Waals surface area (Å²) in [4.78, 5) is 12.6. The quantitative estimate of drug-likeness (QED) is 0.853. The zero-order valence-corrected chi connectivity index (χ0v) is 11.1. The van der Waals surface area contributed by atoms with Crippen molar-refractivity contribution in [3.05, 3.63) is 50.3 Å². The minimum absolute atomic E-state index is 0.00198. The molecule has 0 saturated carbocycles. The highest BCUT2D eigenvalue weighted by molar-refractivity contribution is 7.09. The summed E-state index contributed by atoms with van der Waals surface area (Å²) in [6, 6.07) is 6.25. The molecule has 0 radical (unpaired) electrons. The number of para-hydroxylation sites is 1. The van der Waals surface area contributed by atoms with Gasteiger partial charge >= 0.3 is 4.87 Å². The zero-order valence-electron chi connectivity index (χ0n) is 10.3. The summed E-state index contributed by atoms with van der Waals surface area (Å²) in [5.74, 6) is -0.168. The molecule has 5 heteroatoms. The molecule has 1 aromatic heterocycles. The van der Waals surface area contributed by atoms with E-state index in [1.165, 1.54) is 17.4 Å². The summed E-state index contributed by atoms with van der Waals surface area (Å²) in [7, 11) is 0. The van der Waals surface area contributed by atoms with Gasteiger partial charge in [0.2, 0.25) is 0 Å². The Kier molecular flexibility index (Phi) is 3.81. The van der Waals surface area contributed by atoms with Gasteiger partial charge in [-0.3, -0.25) is 9.36 Å². The van der Waals surface area contributed by atoms with Crippen molar-refractivity contribution in [1.82, 2.24) is 4.57 Å². The van der Waals surface area contributed by atoms with Gasteiger partial charge in [-0.05, 0) is 26.0 Å². The van der Waals surface area contributed by atoms with Crippen LogP contribution in [0, 0.1) is 19.7 Å². The summed E-state index contributed by atoms with van der Waals surface area (Å²) in [5.41, 5.74) is 0.946. The number of benzene rings is 1. The smallest absolute Gasteiger partial charge is 0.307 e. The van der Waals surface area contributed by atoms with Crippen molar-refractivity contribution in [3.8, 4) is 5.75 Å². The predicted octanol–water partition coefficient (Wildman–Crippen LogP) is 2.74. The van der Waals surface area contributed by atoms with E-state index in [2.05, 4.69) is 0 Å². The van der Waals surface area contributed by atoms with Crippen molar-refractivity contribution in [2.45, 2.75) is 20.4 Å². The molecule has 0 spiro atoms. The Bertz CT molecular complexity index is 603. The van der Waals surface area contributed by atoms with Crippen LogP contribution in [-0.4, -0.2) is 11.2 Å². The average Bonchev–Trinajstić information content (AvgIpc) is 2.58. The maximum Gasteiger partial charge on any atom is 0.307 e. The lowest BCUT2D eigenvalue weighted by Gasteiger charge is -2.08. The first-order valence-corrected chi connectivity index (χ1v) is 6.45. The van der Waals surface area contributed by atoms with Gasteiger partial charge in [0.05, 0.1) is 6.54 Å². The number of ether oxygens (including phenoxy) is 1. The highest BCUT2D eigenvalue weighted by Gasteiger charge is 2.07. The van der Waals surface area contributed by atoms with Gasteiger partial charge in [0.15, 0.2) is 11.6 Å². The van der Waals surface area contributed by atoms with Gasteiger partial charge in [0, 0.05) is 10.6 Å². The molecule has 0 amide bonds. The van der Waals surface area contributed by atoms with Gasteiger partial charge in [-0.25, -0.2) is 4.39 Å². The van der Waals surface area contributed by atoms with E-state index < -0.39 is 0 Å². The highest BCUT2D eigenvalue weighted by Crippen LogP contribution is 2.15. The molecule has 0 aliphatic rings. The Morgan fingerprint density at radius 2 is 2.06 bits per heavy atom. The molecule has 0 bridgehead atoms. The van der Waals surface area contributed by atoms with Gasteiger partial charge in [-0.2, -0.15) is 0 Å². The fourth-order valence-corrected chi connectivity index (χ4v) is 2.51. The first kappa shape index (κ1) is 12.8. The molecule has 1 heterocycles. The SMILES string of the molecule is Cc1sc(=O)n(CCOc2ccccc2F)c1C. The van der Waals surface area contributed by atoms with E-state index in [0.29, 0.717) is 6.54 Å². The maximum absolute atomic E-state index is 13.3. The van der Waals surface area contributed by atoms with Crippen molar-refractivity contribution in [3.63, 3.8) is 0 Å². The summed E-state index contributed by atoms with van der Waals surface area (Å²) < 4.78 is 20.3. The number of nitrogens with zero attached hydrogens (tertiary/aromatic N) is 1. The van der Waals surface area contributed by atoms with Crippen LogP contribution in [0.4, 0.5) is 4.39 Å². The zero-order chi connectivity index (χ0) is 13.1. The van der Waals surface area contributed by atoms with E-state index in [1.54, 1.807) is 22.8 Å². The van der Waals surface area contributed by atoms with Crippen molar-refractivity contribution >= 4 is 11.3 Å². The van der Waals surface area contributed by atoms with Crippen LogP contribution in [0.2, 0.25) is 0 Å². The van der Waals surface area contributed by atoms with Crippen LogP contribution in [0.5, 0.6) is 5.75 Å². The Balaban J connectivity index is 2.01. The standard InChI is InChI=1S/C13H14FNO2S/c1-9-10(2)18-13(16)15(9)7-8-17-12-6-4-3-5-11(12)14/h3-6H,7-8H2,1-2H3. The molecule has 96 valence electrons. The average molecular weight is 267 g/mol. The lowest BCUT2D eigenvalue weighted by Crippen LogP contribution is -2.19. The first-order valence-electron chi connectivity index (χ1n) is 5.63. The van der Waals surface area contributed by atoms with Gasteiger partial charge in [-0.1, -0.05) is 23.5 Å². The second-order valence-corrected chi connectivity index (χ2v) is 5.11. The number of hydrogen-bond acceptors (Lipinski definition) is 3. The van der Waals surface area contributed by atoms with E-state index in [-0.39, 0.29) is 23.0 Å². The summed E-state index contributed by atoms with van der Waals surface area (Å²) in [5, 5.41) is 0. The molecule has 0 aliphatic carbocycles. The number of aromatic nitrogens is 1. The predicted molar refractivity (Wildman–Crippen MR) is 69.9 cm³/mol. The molecule has 0 atom stereocenters. The number of aryl methyl sites for hydroxylation is 1. The Morgan fingerprint density at radius 3 is 2.67 bits per heavy atom. The fraction of sp³-hybridized carbons (Fsp3) is 0.308. The molecule has 0 aliphatic heterocycles. The van der Waals surface area contributed by atoms with Crippen molar-refractivity contribution in [1.29, 1.82) is 0 Å². The lowest BCUT2D eigenvalue weighted by atomic mass is 10.3. The fourth-order valence-electron chi connectivity index (χ4n) is 1.65. The molecular formula is C13H14FNO2S. The van der Waals surface area contributed by atoms with Crippen LogP contribution < -0.4 is 9.61 Å². The van der Waals surface area contributed by atoms with Gasteiger partial charge in [0.1, 0.15) is 6.61 Å². The third kappa shape index (κ3) is 2.61. The van der Waals surface area contributed by atoms with E-state index in [9.17, 15) is 9.18 Å². The molecule has 1 aromatic carbocycles. The van der Waals surface area contributed by atoms with E-state index >= 15 is 0 Å². The molecule has 0 unspecified atom stereocenters. The molecule has 2 rings (SSSR count). The van der Waals surface area contributed by atoms with Gasteiger partial charge in [-0.15, -0.1) is 0 Å². The van der Waals surface area contributed by atoms with Gasteiger partial charge in [0.25, 0.3) is 0 Å². The monoisotopic (exact) mass is 267 g/mol. The molecule has 18 heavy (non-hydrogen) atoms. The molecule has 0 saturated heterocycles. The molecular weight excluding hydrogens is 253 g/mol. The third-order valence-corrected chi connectivity index (χ3v) is 3.78. The Hall–Kier alpha value is -1.62. The highest BCUT2D eigenvalue weighted by atomic mass is 32.1. The minimum atomic E-state index is -0.386. The third-order valence-electron chi connectivity index (χ3n) is 2.78. The van der Waals surface area contributed by atoms with Crippen molar-refractivity contribution in [2.24, 2.45) is 0 Å². The van der Waals surface area contributed by atoms with Crippen LogP contribution in [0.3, 0.4) is 0 Å². The molecule has 0 N–H and O–H groups in total.